The van der Waals surface area contributed by atoms with Gasteiger partial charge in [-0.05, 0) is 23.6 Å². The Bertz CT molecular complexity index is 235. The van der Waals surface area contributed by atoms with Crippen LogP contribution in [-0.2, 0) is 0 Å². The van der Waals surface area contributed by atoms with Gasteiger partial charge < -0.3 is 0 Å². The summed E-state index contributed by atoms with van der Waals surface area (Å²) in [5.41, 5.74) is 0. The minimum Gasteiger partial charge on any atom is -0.178 e. The molecule has 1 aromatic carbocycles. The van der Waals surface area contributed by atoms with Gasteiger partial charge >= 0.3 is 0 Å². The Morgan fingerprint density at radius 3 is 1.64 bits per heavy atom. The number of thiol groups is 2. The first-order valence-electron chi connectivity index (χ1n) is 4.45. The van der Waals surface area contributed by atoms with Crippen LogP contribution >= 0.6 is 48.8 Å². The van der Waals surface area contributed by atoms with Crippen molar-refractivity contribution in [2.45, 2.75) is 9.79 Å². The van der Waals surface area contributed by atoms with E-state index in [1.807, 2.05) is 23.5 Å². The summed E-state index contributed by atoms with van der Waals surface area (Å²) in [6.07, 6.45) is 0. The standard InChI is InChI=1S/C10H14S4/c11-5-7-13-9-3-1-2-4-10(9)14-8-6-12/h1-4,11-12H,5-8H2. The van der Waals surface area contributed by atoms with E-state index in [2.05, 4.69) is 49.5 Å². The molecule has 1 rings (SSSR count). The van der Waals surface area contributed by atoms with Gasteiger partial charge in [-0.1, -0.05) is 12.1 Å². The molecule has 0 aliphatic carbocycles. The Labute approximate surface area is 105 Å². The van der Waals surface area contributed by atoms with Crippen LogP contribution in [0.25, 0.3) is 0 Å². The summed E-state index contributed by atoms with van der Waals surface area (Å²) in [6.45, 7) is 0. The summed E-state index contributed by atoms with van der Waals surface area (Å²) in [4.78, 5) is 2.74. The predicted octanol–water partition coefficient (Wildman–Crippen LogP) is 3.73. The number of hydrogen-bond donors (Lipinski definition) is 2. The van der Waals surface area contributed by atoms with Crippen molar-refractivity contribution in [1.29, 1.82) is 0 Å². The molecule has 0 radical (unpaired) electrons. The molecule has 78 valence electrons. The van der Waals surface area contributed by atoms with Crippen molar-refractivity contribution in [3.63, 3.8) is 0 Å². The minimum absolute atomic E-state index is 0.927. The third-order valence-corrected chi connectivity index (χ3v) is 4.88. The van der Waals surface area contributed by atoms with Gasteiger partial charge in [-0.25, -0.2) is 0 Å². The van der Waals surface area contributed by atoms with Gasteiger partial charge in [0.2, 0.25) is 0 Å². The van der Waals surface area contributed by atoms with Gasteiger partial charge in [0.25, 0.3) is 0 Å². The third-order valence-electron chi connectivity index (χ3n) is 1.55. The third kappa shape index (κ3) is 4.43. The second-order valence-electron chi connectivity index (χ2n) is 2.59. The molecule has 0 fully saturated rings. The minimum atomic E-state index is 0.927. The predicted molar refractivity (Wildman–Crippen MR) is 75.6 cm³/mol. The Hall–Kier alpha value is 0.620. The van der Waals surface area contributed by atoms with Crippen molar-refractivity contribution in [2.75, 3.05) is 23.0 Å². The van der Waals surface area contributed by atoms with Crippen molar-refractivity contribution in [1.82, 2.24) is 0 Å². The van der Waals surface area contributed by atoms with Crippen molar-refractivity contribution >= 4 is 48.8 Å². The molecular weight excluding hydrogens is 248 g/mol. The number of benzene rings is 1. The molecule has 0 aliphatic heterocycles. The first-order valence-corrected chi connectivity index (χ1v) is 7.68. The Morgan fingerprint density at radius 2 is 1.29 bits per heavy atom. The van der Waals surface area contributed by atoms with Crippen LogP contribution < -0.4 is 0 Å². The highest BCUT2D eigenvalue weighted by atomic mass is 32.2. The van der Waals surface area contributed by atoms with E-state index in [9.17, 15) is 0 Å². The average molecular weight is 262 g/mol. The van der Waals surface area contributed by atoms with Crippen LogP contribution in [0.4, 0.5) is 0 Å². The van der Waals surface area contributed by atoms with Crippen LogP contribution in [0, 0.1) is 0 Å². The van der Waals surface area contributed by atoms with Crippen molar-refractivity contribution in [3.05, 3.63) is 24.3 Å². The zero-order valence-electron chi connectivity index (χ0n) is 7.85. The topological polar surface area (TPSA) is 0 Å². The molecule has 0 aromatic heterocycles. The molecule has 4 heteroatoms. The van der Waals surface area contributed by atoms with Gasteiger partial charge in [0.15, 0.2) is 0 Å². The van der Waals surface area contributed by atoms with Crippen LogP contribution in [0.5, 0.6) is 0 Å². The molecule has 0 atom stereocenters. The summed E-state index contributed by atoms with van der Waals surface area (Å²) < 4.78 is 0. The van der Waals surface area contributed by atoms with Gasteiger partial charge in [-0.2, -0.15) is 25.3 Å². The monoisotopic (exact) mass is 262 g/mol. The summed E-state index contributed by atoms with van der Waals surface area (Å²) in [6, 6.07) is 8.53. The molecule has 0 N–H and O–H groups in total. The van der Waals surface area contributed by atoms with E-state index in [0.717, 1.165) is 23.0 Å². The molecule has 0 aliphatic rings. The number of rotatable bonds is 6. The van der Waals surface area contributed by atoms with Crippen LogP contribution in [0.1, 0.15) is 0 Å². The van der Waals surface area contributed by atoms with E-state index in [1.54, 1.807) is 0 Å². The van der Waals surface area contributed by atoms with E-state index < -0.39 is 0 Å². The number of hydrogen-bond acceptors (Lipinski definition) is 4. The van der Waals surface area contributed by atoms with Crippen LogP contribution in [0.3, 0.4) is 0 Å². The van der Waals surface area contributed by atoms with Gasteiger partial charge in [0.05, 0.1) is 0 Å². The van der Waals surface area contributed by atoms with Crippen LogP contribution in [-0.4, -0.2) is 23.0 Å². The largest absolute Gasteiger partial charge is 0.178 e. The molecule has 0 saturated carbocycles. The second-order valence-corrected chi connectivity index (χ2v) is 5.76. The lowest BCUT2D eigenvalue weighted by molar-refractivity contribution is 1.24. The van der Waals surface area contributed by atoms with Crippen LogP contribution in [0.15, 0.2) is 34.1 Å². The van der Waals surface area contributed by atoms with E-state index in [1.165, 1.54) is 9.79 Å². The fourth-order valence-electron chi connectivity index (χ4n) is 1.000. The zero-order chi connectivity index (χ0) is 10.2. The molecule has 0 spiro atoms. The Morgan fingerprint density at radius 1 is 0.857 bits per heavy atom. The van der Waals surface area contributed by atoms with Crippen molar-refractivity contribution in [2.24, 2.45) is 0 Å². The lowest BCUT2D eigenvalue weighted by Gasteiger charge is -2.06. The summed E-state index contributed by atoms with van der Waals surface area (Å²) in [5.74, 6) is 4.00. The van der Waals surface area contributed by atoms with E-state index in [-0.39, 0.29) is 0 Å². The summed E-state index contributed by atoms with van der Waals surface area (Å²) in [7, 11) is 0. The lowest BCUT2D eigenvalue weighted by atomic mass is 10.4. The first kappa shape index (κ1) is 12.7. The quantitative estimate of drug-likeness (QED) is 0.592. The average Bonchev–Trinajstić information content (AvgIpc) is 2.24. The second kappa shape index (κ2) is 7.85. The fourth-order valence-corrected chi connectivity index (χ4v) is 3.29. The smallest absolute Gasteiger partial charge is 0.0208 e. The molecule has 0 bridgehead atoms. The molecular formula is C10H14S4. The first-order chi connectivity index (χ1) is 6.88. The maximum absolute atomic E-state index is 4.22. The van der Waals surface area contributed by atoms with Gasteiger partial charge in [0.1, 0.15) is 0 Å². The molecule has 0 nitrogen and oxygen atoms in total. The zero-order valence-corrected chi connectivity index (χ0v) is 11.3. The van der Waals surface area contributed by atoms with E-state index >= 15 is 0 Å². The van der Waals surface area contributed by atoms with Gasteiger partial charge in [0, 0.05) is 21.3 Å². The van der Waals surface area contributed by atoms with Crippen molar-refractivity contribution in [3.8, 4) is 0 Å². The Balaban J connectivity index is 2.60. The maximum atomic E-state index is 4.22. The molecule has 0 heterocycles. The molecule has 14 heavy (non-hydrogen) atoms. The highest BCUT2D eigenvalue weighted by Gasteiger charge is 2.01. The summed E-state index contributed by atoms with van der Waals surface area (Å²) >= 11 is 12.2. The van der Waals surface area contributed by atoms with Crippen molar-refractivity contribution < 1.29 is 0 Å². The fraction of sp³-hybridized carbons (Fsp3) is 0.400. The maximum Gasteiger partial charge on any atom is 0.0208 e. The van der Waals surface area contributed by atoms with E-state index in [0.29, 0.717) is 0 Å². The van der Waals surface area contributed by atoms with E-state index in [4.69, 9.17) is 0 Å². The Kier molecular flexibility index (Phi) is 7.12. The molecule has 1 aromatic rings. The van der Waals surface area contributed by atoms with Gasteiger partial charge in [-0.15, -0.1) is 23.5 Å². The summed E-state index contributed by atoms with van der Waals surface area (Å²) in [5, 5.41) is 0. The SMILES string of the molecule is SCCSc1ccccc1SCCS. The van der Waals surface area contributed by atoms with Crippen LogP contribution in [0.2, 0.25) is 0 Å². The lowest BCUT2D eigenvalue weighted by Crippen LogP contribution is -1.85. The highest BCUT2D eigenvalue weighted by Crippen LogP contribution is 2.30. The molecule has 0 saturated heterocycles. The number of thioether (sulfide) groups is 2. The molecule has 0 amide bonds. The normalized spacial score (nSPS) is 10.4. The van der Waals surface area contributed by atoms with Gasteiger partial charge in [-0.3, -0.25) is 0 Å². The highest BCUT2D eigenvalue weighted by molar-refractivity contribution is 8.03. The molecule has 0 unspecified atom stereocenters.